The van der Waals surface area contributed by atoms with Crippen LogP contribution in [-0.4, -0.2) is 35.1 Å². The van der Waals surface area contributed by atoms with Crippen molar-refractivity contribution >= 4 is 23.3 Å². The Bertz CT molecular complexity index is 392. The molecular formula is C12H18N2O3S. The van der Waals surface area contributed by atoms with Crippen molar-refractivity contribution in [2.75, 3.05) is 7.05 Å². The Balaban J connectivity index is 2.45. The number of amides is 2. The van der Waals surface area contributed by atoms with Crippen LogP contribution in [0.4, 0.5) is 4.79 Å². The molecule has 2 amide bonds. The molecule has 0 aliphatic heterocycles. The molecule has 1 aromatic heterocycles. The second-order valence-electron chi connectivity index (χ2n) is 4.09. The zero-order valence-electron chi connectivity index (χ0n) is 10.5. The number of nitrogens with zero attached hydrogens (tertiary/aromatic N) is 1. The smallest absolute Gasteiger partial charge is 0.317 e. The average Bonchev–Trinajstić information content (AvgIpc) is 2.80. The SMILES string of the molecule is CCC(CC(=O)O)NC(=O)N(C)Cc1cccs1. The van der Waals surface area contributed by atoms with Crippen LogP contribution in [0.2, 0.25) is 0 Å². The monoisotopic (exact) mass is 270 g/mol. The molecule has 0 aliphatic rings. The van der Waals surface area contributed by atoms with Crippen LogP contribution in [0.5, 0.6) is 0 Å². The summed E-state index contributed by atoms with van der Waals surface area (Å²) in [6, 6.07) is 3.34. The molecule has 6 heteroatoms. The van der Waals surface area contributed by atoms with Crippen molar-refractivity contribution in [3.63, 3.8) is 0 Å². The highest BCUT2D eigenvalue weighted by atomic mass is 32.1. The van der Waals surface area contributed by atoms with Crippen molar-refractivity contribution in [3.05, 3.63) is 22.4 Å². The van der Waals surface area contributed by atoms with Gasteiger partial charge in [-0.05, 0) is 17.9 Å². The second kappa shape index (κ2) is 7.00. The molecule has 1 unspecified atom stereocenters. The van der Waals surface area contributed by atoms with Crippen molar-refractivity contribution in [2.45, 2.75) is 32.4 Å². The van der Waals surface area contributed by atoms with E-state index in [0.717, 1.165) is 4.88 Å². The van der Waals surface area contributed by atoms with Gasteiger partial charge in [-0.2, -0.15) is 0 Å². The number of nitrogens with one attached hydrogen (secondary N) is 1. The molecule has 18 heavy (non-hydrogen) atoms. The Hall–Kier alpha value is -1.56. The third-order valence-electron chi connectivity index (χ3n) is 2.56. The molecule has 0 aliphatic carbocycles. The molecule has 1 aromatic rings. The second-order valence-corrected chi connectivity index (χ2v) is 5.12. The number of thiophene rings is 1. The van der Waals surface area contributed by atoms with Gasteiger partial charge < -0.3 is 15.3 Å². The zero-order chi connectivity index (χ0) is 13.5. The lowest BCUT2D eigenvalue weighted by molar-refractivity contribution is -0.137. The molecule has 0 saturated heterocycles. The van der Waals surface area contributed by atoms with Crippen molar-refractivity contribution in [3.8, 4) is 0 Å². The summed E-state index contributed by atoms with van der Waals surface area (Å²) in [5.74, 6) is -0.900. The molecule has 1 heterocycles. The minimum Gasteiger partial charge on any atom is -0.481 e. The van der Waals surface area contributed by atoms with E-state index in [-0.39, 0.29) is 18.5 Å². The Morgan fingerprint density at radius 1 is 1.56 bits per heavy atom. The first-order chi connectivity index (χ1) is 8.52. The van der Waals surface area contributed by atoms with Crippen LogP contribution in [0.1, 0.15) is 24.6 Å². The van der Waals surface area contributed by atoms with E-state index in [1.165, 1.54) is 0 Å². The number of carboxylic acid groups (broad SMARTS) is 1. The van der Waals surface area contributed by atoms with Gasteiger partial charge >= 0.3 is 12.0 Å². The van der Waals surface area contributed by atoms with Crippen molar-refractivity contribution in [1.82, 2.24) is 10.2 Å². The Kier molecular flexibility index (Phi) is 5.64. The van der Waals surface area contributed by atoms with Gasteiger partial charge in [0.2, 0.25) is 0 Å². The summed E-state index contributed by atoms with van der Waals surface area (Å²) in [5.41, 5.74) is 0. The minimum absolute atomic E-state index is 0.0465. The third-order valence-corrected chi connectivity index (χ3v) is 3.42. The molecule has 0 aromatic carbocycles. The topological polar surface area (TPSA) is 69.6 Å². The largest absolute Gasteiger partial charge is 0.481 e. The molecule has 5 nitrogen and oxygen atoms in total. The number of rotatable bonds is 6. The van der Waals surface area contributed by atoms with E-state index in [9.17, 15) is 9.59 Å². The molecule has 0 saturated carbocycles. The maximum Gasteiger partial charge on any atom is 0.317 e. The summed E-state index contributed by atoms with van der Waals surface area (Å²) < 4.78 is 0. The summed E-state index contributed by atoms with van der Waals surface area (Å²) in [5, 5.41) is 13.4. The quantitative estimate of drug-likeness (QED) is 0.832. The standard InChI is InChI=1S/C12H18N2O3S/c1-3-9(7-11(15)16)13-12(17)14(2)8-10-5-4-6-18-10/h4-6,9H,3,7-8H2,1-2H3,(H,13,17)(H,15,16). The van der Waals surface area contributed by atoms with E-state index in [1.54, 1.807) is 23.3 Å². The fraction of sp³-hybridized carbons (Fsp3) is 0.500. The summed E-state index contributed by atoms with van der Waals surface area (Å²) in [6.45, 7) is 2.39. The number of carboxylic acids is 1. The number of hydrogen-bond donors (Lipinski definition) is 2. The molecule has 0 spiro atoms. The number of carbonyl (C=O) groups excluding carboxylic acids is 1. The molecule has 1 rings (SSSR count). The van der Waals surface area contributed by atoms with E-state index in [4.69, 9.17) is 5.11 Å². The van der Waals surface area contributed by atoms with Gasteiger partial charge in [-0.3, -0.25) is 4.79 Å². The van der Waals surface area contributed by atoms with Gasteiger partial charge in [0.25, 0.3) is 0 Å². The summed E-state index contributed by atoms with van der Waals surface area (Å²) in [4.78, 5) is 25.1. The average molecular weight is 270 g/mol. The Morgan fingerprint density at radius 2 is 2.28 bits per heavy atom. The number of carbonyl (C=O) groups is 2. The third kappa shape index (κ3) is 4.75. The zero-order valence-corrected chi connectivity index (χ0v) is 11.4. The van der Waals surface area contributed by atoms with Crippen molar-refractivity contribution in [1.29, 1.82) is 0 Å². The predicted octanol–water partition coefficient (Wildman–Crippen LogP) is 2.14. The van der Waals surface area contributed by atoms with E-state index in [1.807, 2.05) is 24.4 Å². The van der Waals surface area contributed by atoms with E-state index in [2.05, 4.69) is 5.32 Å². The van der Waals surface area contributed by atoms with E-state index in [0.29, 0.717) is 13.0 Å². The Labute approximate surface area is 110 Å². The predicted molar refractivity (Wildman–Crippen MR) is 70.6 cm³/mol. The number of hydrogen-bond acceptors (Lipinski definition) is 3. The maximum absolute atomic E-state index is 11.8. The van der Waals surface area contributed by atoms with Gasteiger partial charge in [-0.25, -0.2) is 4.79 Å². The molecule has 0 radical (unpaired) electrons. The molecule has 0 fully saturated rings. The molecular weight excluding hydrogens is 252 g/mol. The fourth-order valence-corrected chi connectivity index (χ4v) is 2.26. The van der Waals surface area contributed by atoms with Crippen LogP contribution in [0.15, 0.2) is 17.5 Å². The highest BCUT2D eigenvalue weighted by molar-refractivity contribution is 7.09. The van der Waals surface area contributed by atoms with Gasteiger partial charge in [-0.1, -0.05) is 13.0 Å². The van der Waals surface area contributed by atoms with Crippen LogP contribution in [0.25, 0.3) is 0 Å². The molecule has 1 atom stereocenters. The lowest BCUT2D eigenvalue weighted by Crippen LogP contribution is -2.43. The van der Waals surface area contributed by atoms with Gasteiger partial charge in [0.15, 0.2) is 0 Å². The molecule has 100 valence electrons. The first kappa shape index (κ1) is 14.5. The Morgan fingerprint density at radius 3 is 2.78 bits per heavy atom. The van der Waals surface area contributed by atoms with Gasteiger partial charge in [0.1, 0.15) is 0 Å². The highest BCUT2D eigenvalue weighted by Gasteiger charge is 2.16. The van der Waals surface area contributed by atoms with Crippen molar-refractivity contribution in [2.24, 2.45) is 0 Å². The first-order valence-corrected chi connectivity index (χ1v) is 6.66. The molecule has 0 bridgehead atoms. The van der Waals surface area contributed by atoms with Crippen LogP contribution >= 0.6 is 11.3 Å². The summed E-state index contributed by atoms with van der Waals surface area (Å²) in [6.07, 6.45) is 0.556. The fourth-order valence-electron chi connectivity index (χ4n) is 1.50. The highest BCUT2D eigenvalue weighted by Crippen LogP contribution is 2.11. The van der Waals surface area contributed by atoms with Crippen molar-refractivity contribution < 1.29 is 14.7 Å². The lowest BCUT2D eigenvalue weighted by atomic mass is 10.1. The van der Waals surface area contributed by atoms with Crippen LogP contribution in [0, 0.1) is 0 Å². The van der Waals surface area contributed by atoms with Gasteiger partial charge in [0.05, 0.1) is 13.0 Å². The lowest BCUT2D eigenvalue weighted by Gasteiger charge is -2.21. The van der Waals surface area contributed by atoms with Crippen LogP contribution < -0.4 is 5.32 Å². The van der Waals surface area contributed by atoms with E-state index >= 15 is 0 Å². The summed E-state index contributed by atoms with van der Waals surface area (Å²) in [7, 11) is 1.70. The van der Waals surface area contributed by atoms with Gasteiger partial charge in [-0.15, -0.1) is 11.3 Å². The normalized spacial score (nSPS) is 11.9. The molecule has 2 N–H and O–H groups in total. The van der Waals surface area contributed by atoms with Crippen LogP contribution in [0.3, 0.4) is 0 Å². The first-order valence-electron chi connectivity index (χ1n) is 5.78. The maximum atomic E-state index is 11.8. The number of aliphatic carboxylic acids is 1. The van der Waals surface area contributed by atoms with Gasteiger partial charge in [0, 0.05) is 18.0 Å². The van der Waals surface area contributed by atoms with E-state index < -0.39 is 5.97 Å². The minimum atomic E-state index is -0.900. The van der Waals surface area contributed by atoms with Crippen LogP contribution in [-0.2, 0) is 11.3 Å². The number of urea groups is 1. The summed E-state index contributed by atoms with van der Waals surface area (Å²) >= 11 is 1.59.